The maximum atomic E-state index is 3.78. The van der Waals surface area contributed by atoms with Crippen molar-refractivity contribution in [3.8, 4) is 0 Å². The SMILES string of the molecule is CCC1CCC(C(C)(C)Br)CC1. The van der Waals surface area contributed by atoms with Crippen molar-refractivity contribution < 1.29 is 0 Å². The van der Waals surface area contributed by atoms with E-state index in [0.717, 1.165) is 11.8 Å². The Morgan fingerprint density at radius 2 is 1.67 bits per heavy atom. The molecule has 0 saturated heterocycles. The van der Waals surface area contributed by atoms with Crippen molar-refractivity contribution in [2.24, 2.45) is 11.8 Å². The van der Waals surface area contributed by atoms with Gasteiger partial charge in [0.1, 0.15) is 0 Å². The molecular formula is C11H21Br. The highest BCUT2D eigenvalue weighted by atomic mass is 79.9. The third-order valence-corrected chi connectivity index (χ3v) is 4.04. The van der Waals surface area contributed by atoms with Crippen LogP contribution >= 0.6 is 15.9 Å². The van der Waals surface area contributed by atoms with Crippen molar-refractivity contribution in [3.05, 3.63) is 0 Å². The van der Waals surface area contributed by atoms with Crippen LogP contribution in [-0.4, -0.2) is 4.32 Å². The molecule has 1 heteroatoms. The molecule has 0 spiro atoms. The van der Waals surface area contributed by atoms with E-state index in [2.05, 4.69) is 36.7 Å². The maximum Gasteiger partial charge on any atom is 0.0229 e. The van der Waals surface area contributed by atoms with Crippen molar-refractivity contribution in [3.63, 3.8) is 0 Å². The van der Waals surface area contributed by atoms with Crippen molar-refractivity contribution in [1.82, 2.24) is 0 Å². The molecule has 0 aromatic rings. The highest BCUT2D eigenvalue weighted by Gasteiger charge is 2.30. The molecule has 72 valence electrons. The fraction of sp³-hybridized carbons (Fsp3) is 1.00. The van der Waals surface area contributed by atoms with Crippen LogP contribution in [0.1, 0.15) is 52.9 Å². The van der Waals surface area contributed by atoms with E-state index in [1.54, 1.807) is 0 Å². The molecule has 0 heterocycles. The highest BCUT2D eigenvalue weighted by Crippen LogP contribution is 2.40. The second kappa shape index (κ2) is 4.13. The van der Waals surface area contributed by atoms with Crippen LogP contribution in [0.2, 0.25) is 0 Å². The molecule has 1 saturated carbocycles. The van der Waals surface area contributed by atoms with Gasteiger partial charge in [0.2, 0.25) is 0 Å². The van der Waals surface area contributed by atoms with Gasteiger partial charge in [-0.05, 0) is 38.5 Å². The summed E-state index contributed by atoms with van der Waals surface area (Å²) in [6.07, 6.45) is 7.15. The monoisotopic (exact) mass is 232 g/mol. The zero-order valence-corrected chi connectivity index (χ0v) is 10.2. The summed E-state index contributed by atoms with van der Waals surface area (Å²) in [7, 11) is 0. The van der Waals surface area contributed by atoms with Crippen LogP contribution in [0.25, 0.3) is 0 Å². The normalized spacial score (nSPS) is 32.0. The summed E-state index contributed by atoms with van der Waals surface area (Å²) in [6, 6.07) is 0. The molecule has 0 aromatic carbocycles. The van der Waals surface area contributed by atoms with E-state index in [4.69, 9.17) is 0 Å². The van der Waals surface area contributed by atoms with Crippen LogP contribution in [0.3, 0.4) is 0 Å². The van der Waals surface area contributed by atoms with Crippen LogP contribution in [0.5, 0.6) is 0 Å². The Kier molecular flexibility index (Phi) is 3.63. The molecule has 0 N–H and O–H groups in total. The summed E-state index contributed by atoms with van der Waals surface area (Å²) in [6.45, 7) is 6.94. The van der Waals surface area contributed by atoms with Gasteiger partial charge < -0.3 is 0 Å². The van der Waals surface area contributed by atoms with Gasteiger partial charge in [-0.3, -0.25) is 0 Å². The minimum absolute atomic E-state index is 0.367. The molecule has 0 aromatic heterocycles. The van der Waals surface area contributed by atoms with Gasteiger partial charge in [0, 0.05) is 4.32 Å². The van der Waals surface area contributed by atoms with Gasteiger partial charge in [0.05, 0.1) is 0 Å². The predicted molar refractivity (Wildman–Crippen MR) is 58.7 cm³/mol. The molecular weight excluding hydrogens is 212 g/mol. The number of hydrogen-bond donors (Lipinski definition) is 0. The standard InChI is InChI=1S/C11H21Br/c1-4-9-5-7-10(8-6-9)11(2,3)12/h9-10H,4-8H2,1-3H3. The summed E-state index contributed by atoms with van der Waals surface area (Å²) < 4.78 is 0.367. The number of alkyl halides is 1. The average Bonchev–Trinajstić information content (AvgIpc) is 2.03. The van der Waals surface area contributed by atoms with Crippen molar-refractivity contribution in [2.75, 3.05) is 0 Å². The van der Waals surface area contributed by atoms with Gasteiger partial charge in [-0.2, -0.15) is 0 Å². The molecule has 12 heavy (non-hydrogen) atoms. The number of rotatable bonds is 2. The summed E-state index contributed by atoms with van der Waals surface area (Å²) in [4.78, 5) is 0. The third kappa shape index (κ3) is 2.76. The number of halogens is 1. The molecule has 0 unspecified atom stereocenters. The molecule has 0 radical (unpaired) electrons. The van der Waals surface area contributed by atoms with E-state index in [1.165, 1.54) is 32.1 Å². The lowest BCUT2D eigenvalue weighted by Gasteiger charge is -2.35. The van der Waals surface area contributed by atoms with Gasteiger partial charge in [-0.15, -0.1) is 0 Å². The zero-order valence-electron chi connectivity index (χ0n) is 8.57. The third-order valence-electron chi connectivity index (χ3n) is 3.39. The molecule has 1 fully saturated rings. The van der Waals surface area contributed by atoms with Crippen LogP contribution in [0.4, 0.5) is 0 Å². The quantitative estimate of drug-likeness (QED) is 0.621. The van der Waals surface area contributed by atoms with E-state index in [-0.39, 0.29) is 0 Å². The van der Waals surface area contributed by atoms with Gasteiger partial charge in [-0.25, -0.2) is 0 Å². The Morgan fingerprint density at radius 1 is 1.17 bits per heavy atom. The van der Waals surface area contributed by atoms with Crippen LogP contribution in [-0.2, 0) is 0 Å². The second-order valence-electron chi connectivity index (χ2n) is 4.69. The van der Waals surface area contributed by atoms with Crippen LogP contribution in [0.15, 0.2) is 0 Å². The van der Waals surface area contributed by atoms with Crippen molar-refractivity contribution >= 4 is 15.9 Å². The van der Waals surface area contributed by atoms with Gasteiger partial charge in [0.25, 0.3) is 0 Å². The molecule has 1 aliphatic rings. The van der Waals surface area contributed by atoms with Gasteiger partial charge in [-0.1, -0.05) is 42.1 Å². The van der Waals surface area contributed by atoms with Gasteiger partial charge in [0.15, 0.2) is 0 Å². The zero-order chi connectivity index (χ0) is 9.19. The molecule has 0 amide bonds. The minimum Gasteiger partial charge on any atom is -0.0856 e. The minimum atomic E-state index is 0.367. The fourth-order valence-electron chi connectivity index (χ4n) is 2.26. The Morgan fingerprint density at radius 3 is 2.00 bits per heavy atom. The molecule has 0 atom stereocenters. The van der Waals surface area contributed by atoms with E-state index >= 15 is 0 Å². The highest BCUT2D eigenvalue weighted by molar-refractivity contribution is 9.10. The summed E-state index contributed by atoms with van der Waals surface area (Å²) >= 11 is 3.78. The fourth-order valence-corrected chi connectivity index (χ4v) is 2.71. The Hall–Kier alpha value is 0.480. The molecule has 0 bridgehead atoms. The number of hydrogen-bond acceptors (Lipinski definition) is 0. The first kappa shape index (κ1) is 10.6. The first-order valence-electron chi connectivity index (χ1n) is 5.23. The van der Waals surface area contributed by atoms with Crippen molar-refractivity contribution in [1.29, 1.82) is 0 Å². The lowest BCUT2D eigenvalue weighted by Crippen LogP contribution is -2.28. The summed E-state index contributed by atoms with van der Waals surface area (Å²) in [5, 5.41) is 0. The van der Waals surface area contributed by atoms with Crippen LogP contribution < -0.4 is 0 Å². The van der Waals surface area contributed by atoms with Gasteiger partial charge >= 0.3 is 0 Å². The smallest absolute Gasteiger partial charge is 0.0229 e. The van der Waals surface area contributed by atoms with Crippen molar-refractivity contribution in [2.45, 2.75) is 57.2 Å². The van der Waals surface area contributed by atoms with Crippen LogP contribution in [0, 0.1) is 11.8 Å². The largest absolute Gasteiger partial charge is 0.0856 e. The Balaban J connectivity index is 2.36. The summed E-state index contributed by atoms with van der Waals surface area (Å²) in [5.41, 5.74) is 0. The Bertz CT molecular complexity index is 126. The van der Waals surface area contributed by atoms with E-state index < -0.39 is 0 Å². The Labute approximate surface area is 85.3 Å². The lowest BCUT2D eigenvalue weighted by molar-refractivity contribution is 0.240. The average molecular weight is 233 g/mol. The predicted octanol–water partition coefficient (Wildman–Crippen LogP) is 4.38. The van der Waals surface area contributed by atoms with E-state index in [9.17, 15) is 0 Å². The van der Waals surface area contributed by atoms with E-state index in [0.29, 0.717) is 4.32 Å². The maximum absolute atomic E-state index is 3.78. The molecule has 0 aliphatic heterocycles. The first-order valence-corrected chi connectivity index (χ1v) is 6.02. The van der Waals surface area contributed by atoms with E-state index in [1.807, 2.05) is 0 Å². The molecule has 1 rings (SSSR count). The topological polar surface area (TPSA) is 0 Å². The summed E-state index contributed by atoms with van der Waals surface area (Å²) in [5.74, 6) is 1.93. The molecule has 1 aliphatic carbocycles. The lowest BCUT2D eigenvalue weighted by atomic mass is 9.76. The second-order valence-corrected chi connectivity index (χ2v) is 6.73. The molecule has 0 nitrogen and oxygen atoms in total. The first-order chi connectivity index (χ1) is 5.54.